The van der Waals surface area contributed by atoms with Crippen LogP contribution in [0.4, 0.5) is 10.8 Å². The molecule has 1 aliphatic heterocycles. The second-order valence-corrected chi connectivity index (χ2v) is 6.47. The molecule has 0 aromatic carbocycles. The predicted molar refractivity (Wildman–Crippen MR) is 87.9 cm³/mol. The number of nitrogens with two attached hydrogens (primary N) is 1. The Morgan fingerprint density at radius 3 is 2.81 bits per heavy atom. The second kappa shape index (κ2) is 7.61. The van der Waals surface area contributed by atoms with Gasteiger partial charge in [-0.25, -0.2) is 0 Å². The number of anilines is 2. The zero-order chi connectivity index (χ0) is 15.2. The predicted octanol–water partition coefficient (Wildman–Crippen LogP) is 1.62. The lowest BCUT2D eigenvalue weighted by molar-refractivity contribution is 0.0965. The maximum atomic E-state index is 11.8. The Kier molecular flexibility index (Phi) is 5.81. The van der Waals surface area contributed by atoms with E-state index in [1.165, 1.54) is 43.9 Å². The Balaban J connectivity index is 1.86. The first-order valence-electron chi connectivity index (χ1n) is 7.55. The minimum absolute atomic E-state index is 0.188. The molecule has 21 heavy (non-hydrogen) atoms. The normalized spacial score (nSPS) is 17.4. The number of carbonyl (C=O) groups excluding carboxylic acids is 1. The molecule has 7 heteroatoms. The number of nitrogens with one attached hydrogen (secondary N) is 2. The molecule has 1 aromatic heterocycles. The topological polar surface area (TPSA) is 83.3 Å². The number of carbonyl (C=O) groups is 1. The number of hydrogen-bond acceptors (Lipinski definition) is 6. The summed E-state index contributed by atoms with van der Waals surface area (Å²) in [7, 11) is 1.60. The fourth-order valence-electron chi connectivity index (χ4n) is 2.68. The van der Waals surface area contributed by atoms with Crippen LogP contribution in [0.5, 0.6) is 0 Å². The number of amides is 1. The fourth-order valence-corrected chi connectivity index (χ4v) is 3.40. The number of hydrogen-bond donors (Lipinski definition) is 3. The Bertz CT molecular complexity index is 470. The van der Waals surface area contributed by atoms with Crippen molar-refractivity contribution in [3.05, 3.63) is 5.56 Å². The van der Waals surface area contributed by atoms with E-state index in [-0.39, 0.29) is 5.91 Å². The molecule has 1 saturated heterocycles. The lowest BCUT2D eigenvalue weighted by atomic mass is 10.1. The fraction of sp³-hybridized carbons (Fsp3) is 0.714. The summed E-state index contributed by atoms with van der Waals surface area (Å²) in [6, 6.07) is 0. The number of piperidine rings is 1. The van der Waals surface area contributed by atoms with Crippen molar-refractivity contribution >= 4 is 28.3 Å². The highest BCUT2D eigenvalue weighted by atomic mass is 32.1. The highest BCUT2D eigenvalue weighted by molar-refractivity contribution is 7.11. The smallest absolute Gasteiger partial charge is 0.257 e. The van der Waals surface area contributed by atoms with Crippen molar-refractivity contribution in [1.29, 1.82) is 0 Å². The Labute approximate surface area is 130 Å². The van der Waals surface area contributed by atoms with Gasteiger partial charge in [0.15, 0.2) is 5.82 Å². The average molecular weight is 311 g/mol. The molecule has 0 aliphatic carbocycles. The van der Waals surface area contributed by atoms with Gasteiger partial charge in [-0.05, 0) is 43.4 Å². The van der Waals surface area contributed by atoms with Gasteiger partial charge in [-0.15, -0.1) is 0 Å². The first-order chi connectivity index (χ1) is 10.1. The van der Waals surface area contributed by atoms with Crippen LogP contribution in [0.15, 0.2) is 0 Å². The average Bonchev–Trinajstić information content (AvgIpc) is 2.86. The molecule has 2 heterocycles. The van der Waals surface area contributed by atoms with E-state index in [0.717, 1.165) is 18.1 Å². The van der Waals surface area contributed by atoms with Crippen LogP contribution in [-0.4, -0.2) is 48.4 Å². The molecular weight excluding hydrogens is 286 g/mol. The number of likely N-dealkylation sites (tertiary alicyclic amines) is 1. The third-order valence-corrected chi connectivity index (χ3v) is 4.62. The van der Waals surface area contributed by atoms with Crippen molar-refractivity contribution in [2.24, 2.45) is 5.92 Å². The number of rotatable bonds is 6. The van der Waals surface area contributed by atoms with Gasteiger partial charge < -0.3 is 21.3 Å². The van der Waals surface area contributed by atoms with Gasteiger partial charge in [-0.3, -0.25) is 4.79 Å². The molecule has 4 N–H and O–H groups in total. The van der Waals surface area contributed by atoms with Gasteiger partial charge in [0.1, 0.15) is 10.6 Å². The van der Waals surface area contributed by atoms with Gasteiger partial charge >= 0.3 is 0 Å². The standard InChI is InChI=1S/C14H25N5OS/c1-10(9-19-6-4-3-5-7-19)8-17-14-11(13(20)16-2)12(15)18-21-14/h10,17H,3-9H2,1-2H3,(H2,15,18)(H,16,20). The summed E-state index contributed by atoms with van der Waals surface area (Å²) >= 11 is 1.25. The molecule has 0 bridgehead atoms. The van der Waals surface area contributed by atoms with Gasteiger partial charge in [-0.1, -0.05) is 13.3 Å². The van der Waals surface area contributed by atoms with Crippen molar-refractivity contribution in [2.45, 2.75) is 26.2 Å². The van der Waals surface area contributed by atoms with Crippen LogP contribution in [0.1, 0.15) is 36.5 Å². The Hall–Kier alpha value is -1.34. The number of nitrogen functional groups attached to an aromatic ring is 1. The van der Waals surface area contributed by atoms with Crippen molar-refractivity contribution in [3.63, 3.8) is 0 Å². The molecule has 0 spiro atoms. The van der Waals surface area contributed by atoms with E-state index in [2.05, 4.69) is 26.8 Å². The minimum Gasteiger partial charge on any atom is -0.382 e. The van der Waals surface area contributed by atoms with Gasteiger partial charge in [0, 0.05) is 20.1 Å². The van der Waals surface area contributed by atoms with Crippen LogP contribution in [0.25, 0.3) is 0 Å². The summed E-state index contributed by atoms with van der Waals surface area (Å²) in [6.07, 6.45) is 3.98. The van der Waals surface area contributed by atoms with E-state index >= 15 is 0 Å². The minimum atomic E-state index is -0.188. The molecule has 0 radical (unpaired) electrons. The second-order valence-electron chi connectivity index (χ2n) is 5.70. The summed E-state index contributed by atoms with van der Waals surface area (Å²) < 4.78 is 4.06. The molecule has 2 rings (SSSR count). The third-order valence-electron chi connectivity index (χ3n) is 3.80. The first-order valence-corrected chi connectivity index (χ1v) is 8.32. The van der Waals surface area contributed by atoms with Crippen LogP contribution in [0.3, 0.4) is 0 Å². The van der Waals surface area contributed by atoms with Gasteiger partial charge in [0.2, 0.25) is 0 Å². The Morgan fingerprint density at radius 2 is 2.14 bits per heavy atom. The molecule has 1 amide bonds. The zero-order valence-corrected chi connectivity index (χ0v) is 13.6. The largest absolute Gasteiger partial charge is 0.382 e. The number of aromatic nitrogens is 1. The lowest BCUT2D eigenvalue weighted by Gasteiger charge is -2.29. The van der Waals surface area contributed by atoms with Gasteiger partial charge in [0.05, 0.1) is 0 Å². The van der Waals surface area contributed by atoms with E-state index in [0.29, 0.717) is 17.3 Å². The van der Waals surface area contributed by atoms with Crippen LogP contribution in [-0.2, 0) is 0 Å². The van der Waals surface area contributed by atoms with Gasteiger partial charge in [0.25, 0.3) is 5.91 Å². The SMILES string of the molecule is CNC(=O)c1c(N)nsc1NCC(C)CN1CCCCC1. The van der Waals surface area contributed by atoms with Crippen molar-refractivity contribution < 1.29 is 4.79 Å². The van der Waals surface area contributed by atoms with Crippen molar-refractivity contribution in [1.82, 2.24) is 14.6 Å². The van der Waals surface area contributed by atoms with Gasteiger partial charge in [-0.2, -0.15) is 4.37 Å². The third kappa shape index (κ3) is 4.31. The maximum absolute atomic E-state index is 11.8. The van der Waals surface area contributed by atoms with Crippen LogP contribution in [0.2, 0.25) is 0 Å². The first kappa shape index (κ1) is 16.0. The highest BCUT2D eigenvalue weighted by Gasteiger charge is 2.19. The molecule has 1 aromatic rings. The zero-order valence-electron chi connectivity index (χ0n) is 12.8. The van der Waals surface area contributed by atoms with Crippen LogP contribution in [0, 0.1) is 5.92 Å². The van der Waals surface area contributed by atoms with E-state index in [9.17, 15) is 4.79 Å². The van der Waals surface area contributed by atoms with E-state index < -0.39 is 0 Å². The molecule has 0 saturated carbocycles. The summed E-state index contributed by atoms with van der Waals surface area (Å²) in [5.41, 5.74) is 6.23. The molecule has 118 valence electrons. The summed E-state index contributed by atoms with van der Waals surface area (Å²) in [6.45, 7) is 6.56. The highest BCUT2D eigenvalue weighted by Crippen LogP contribution is 2.26. The Morgan fingerprint density at radius 1 is 1.43 bits per heavy atom. The molecule has 1 atom stereocenters. The summed E-state index contributed by atoms with van der Waals surface area (Å²) in [4.78, 5) is 14.3. The van der Waals surface area contributed by atoms with Crippen LogP contribution < -0.4 is 16.4 Å². The van der Waals surface area contributed by atoms with Crippen molar-refractivity contribution in [3.8, 4) is 0 Å². The maximum Gasteiger partial charge on any atom is 0.257 e. The quantitative estimate of drug-likeness (QED) is 0.743. The molecule has 1 fully saturated rings. The summed E-state index contributed by atoms with van der Waals surface area (Å²) in [5, 5.41) is 6.69. The lowest BCUT2D eigenvalue weighted by Crippen LogP contribution is -2.35. The van der Waals surface area contributed by atoms with E-state index in [1.807, 2.05) is 0 Å². The molecule has 1 unspecified atom stereocenters. The van der Waals surface area contributed by atoms with E-state index in [4.69, 9.17) is 5.73 Å². The molecule has 1 aliphatic rings. The van der Waals surface area contributed by atoms with Crippen molar-refractivity contribution in [2.75, 3.05) is 44.3 Å². The summed E-state index contributed by atoms with van der Waals surface area (Å²) in [5.74, 6) is 0.627. The molecule has 6 nitrogen and oxygen atoms in total. The van der Waals surface area contributed by atoms with Crippen LogP contribution >= 0.6 is 11.5 Å². The van der Waals surface area contributed by atoms with E-state index in [1.54, 1.807) is 7.05 Å². The number of nitrogens with zero attached hydrogens (tertiary/aromatic N) is 2. The monoisotopic (exact) mass is 311 g/mol. The molecular formula is C14H25N5OS.